The van der Waals surface area contributed by atoms with Crippen LogP contribution >= 0.6 is 0 Å². The van der Waals surface area contributed by atoms with Crippen molar-refractivity contribution < 1.29 is 9.53 Å². The number of hydrogen-bond donors (Lipinski definition) is 0. The summed E-state index contributed by atoms with van der Waals surface area (Å²) in [5, 5.41) is 0. The fourth-order valence-corrected chi connectivity index (χ4v) is 2.14. The van der Waals surface area contributed by atoms with E-state index in [1.54, 1.807) is 13.2 Å². The van der Waals surface area contributed by atoms with Crippen LogP contribution in [0.5, 0.6) is 0 Å². The van der Waals surface area contributed by atoms with Crippen LogP contribution in [0, 0.1) is 0 Å². The first-order valence-corrected chi connectivity index (χ1v) is 4.79. The van der Waals surface area contributed by atoms with E-state index in [2.05, 4.69) is 0 Å². The minimum atomic E-state index is -0.278. The Morgan fingerprint density at radius 2 is 2.08 bits per heavy atom. The first kappa shape index (κ1) is 8.70. The van der Waals surface area contributed by atoms with Crippen molar-refractivity contribution in [3.05, 3.63) is 23.3 Å². The fraction of sp³-hybridized carbons (Fsp3) is 0.545. The first-order valence-electron chi connectivity index (χ1n) is 4.79. The number of ether oxygens (including phenoxy) is 1. The number of ketones is 1. The maximum atomic E-state index is 11.4. The van der Waals surface area contributed by atoms with Crippen molar-refractivity contribution in [2.75, 3.05) is 7.11 Å². The van der Waals surface area contributed by atoms with Crippen LogP contribution in [-0.4, -0.2) is 19.0 Å². The Bertz CT molecular complexity index is 286. The van der Waals surface area contributed by atoms with E-state index in [9.17, 15) is 4.79 Å². The van der Waals surface area contributed by atoms with Crippen molar-refractivity contribution in [2.45, 2.75) is 31.8 Å². The molecule has 2 aliphatic carbocycles. The highest BCUT2D eigenvalue weighted by Crippen LogP contribution is 2.31. The SMILES string of the molecule is COC1C(=O)C=CC2=C1CCCC2. The Morgan fingerprint density at radius 3 is 2.85 bits per heavy atom. The Balaban J connectivity index is 2.32. The topological polar surface area (TPSA) is 26.3 Å². The van der Waals surface area contributed by atoms with Crippen molar-refractivity contribution in [3.8, 4) is 0 Å². The molecule has 0 radical (unpaired) electrons. The van der Waals surface area contributed by atoms with Crippen LogP contribution in [-0.2, 0) is 9.53 Å². The van der Waals surface area contributed by atoms with E-state index in [1.165, 1.54) is 24.0 Å². The third-order valence-electron chi connectivity index (χ3n) is 2.81. The van der Waals surface area contributed by atoms with Gasteiger partial charge in [0.15, 0.2) is 5.78 Å². The molecule has 0 saturated carbocycles. The second-order valence-corrected chi connectivity index (χ2v) is 3.61. The first-order chi connectivity index (χ1) is 6.33. The molecule has 0 saturated heterocycles. The molecule has 0 spiro atoms. The highest BCUT2D eigenvalue weighted by molar-refractivity contribution is 5.98. The molecule has 0 fully saturated rings. The summed E-state index contributed by atoms with van der Waals surface area (Å²) in [7, 11) is 1.61. The molecule has 1 atom stereocenters. The molecule has 0 aliphatic heterocycles. The normalized spacial score (nSPS) is 27.8. The van der Waals surface area contributed by atoms with Gasteiger partial charge >= 0.3 is 0 Å². The maximum Gasteiger partial charge on any atom is 0.188 e. The lowest BCUT2D eigenvalue weighted by Gasteiger charge is -2.26. The molecule has 2 nitrogen and oxygen atoms in total. The fourth-order valence-electron chi connectivity index (χ4n) is 2.14. The molecule has 2 rings (SSSR count). The predicted molar refractivity (Wildman–Crippen MR) is 50.4 cm³/mol. The van der Waals surface area contributed by atoms with E-state index in [-0.39, 0.29) is 11.9 Å². The lowest BCUT2D eigenvalue weighted by atomic mass is 9.84. The third-order valence-corrected chi connectivity index (χ3v) is 2.81. The largest absolute Gasteiger partial charge is 0.369 e. The van der Waals surface area contributed by atoms with Gasteiger partial charge in [-0.15, -0.1) is 0 Å². The molecule has 0 aromatic rings. The lowest BCUT2D eigenvalue weighted by Crippen LogP contribution is -2.28. The van der Waals surface area contributed by atoms with Gasteiger partial charge < -0.3 is 4.74 Å². The molecular formula is C11H14O2. The zero-order valence-corrected chi connectivity index (χ0v) is 7.88. The van der Waals surface area contributed by atoms with Crippen molar-refractivity contribution in [2.24, 2.45) is 0 Å². The number of allylic oxidation sites excluding steroid dienone is 2. The van der Waals surface area contributed by atoms with Gasteiger partial charge in [0.1, 0.15) is 6.10 Å². The van der Waals surface area contributed by atoms with Gasteiger partial charge in [-0.1, -0.05) is 6.08 Å². The van der Waals surface area contributed by atoms with Gasteiger partial charge in [0, 0.05) is 7.11 Å². The van der Waals surface area contributed by atoms with E-state index in [0.29, 0.717) is 0 Å². The van der Waals surface area contributed by atoms with E-state index in [1.807, 2.05) is 6.08 Å². The Labute approximate surface area is 78.3 Å². The Hall–Kier alpha value is -0.890. The van der Waals surface area contributed by atoms with Crippen LogP contribution in [0.2, 0.25) is 0 Å². The smallest absolute Gasteiger partial charge is 0.188 e. The van der Waals surface area contributed by atoms with Gasteiger partial charge in [-0.2, -0.15) is 0 Å². The van der Waals surface area contributed by atoms with Gasteiger partial charge in [0.05, 0.1) is 0 Å². The second kappa shape index (κ2) is 3.46. The van der Waals surface area contributed by atoms with Gasteiger partial charge in [-0.25, -0.2) is 0 Å². The highest BCUT2D eigenvalue weighted by Gasteiger charge is 2.27. The van der Waals surface area contributed by atoms with E-state index < -0.39 is 0 Å². The number of rotatable bonds is 1. The summed E-state index contributed by atoms with van der Waals surface area (Å²) in [6.45, 7) is 0. The number of carbonyl (C=O) groups is 1. The molecule has 0 heterocycles. The van der Waals surface area contributed by atoms with Crippen LogP contribution in [0.4, 0.5) is 0 Å². The molecule has 0 aromatic carbocycles. The van der Waals surface area contributed by atoms with Gasteiger partial charge in [0.25, 0.3) is 0 Å². The molecule has 0 bridgehead atoms. The molecular weight excluding hydrogens is 164 g/mol. The summed E-state index contributed by atoms with van der Waals surface area (Å²) in [6, 6.07) is 0. The van der Waals surface area contributed by atoms with E-state index in [0.717, 1.165) is 12.8 Å². The van der Waals surface area contributed by atoms with Crippen molar-refractivity contribution in [1.29, 1.82) is 0 Å². The Kier molecular flexibility index (Phi) is 2.32. The van der Waals surface area contributed by atoms with Crippen molar-refractivity contribution in [3.63, 3.8) is 0 Å². The molecule has 0 aromatic heterocycles. The highest BCUT2D eigenvalue weighted by atomic mass is 16.5. The third kappa shape index (κ3) is 1.46. The van der Waals surface area contributed by atoms with E-state index in [4.69, 9.17) is 4.74 Å². The number of hydrogen-bond acceptors (Lipinski definition) is 2. The molecule has 13 heavy (non-hydrogen) atoms. The molecule has 1 unspecified atom stereocenters. The molecule has 70 valence electrons. The summed E-state index contributed by atoms with van der Waals surface area (Å²) in [4.78, 5) is 11.4. The van der Waals surface area contributed by atoms with Gasteiger partial charge in [0.2, 0.25) is 0 Å². The molecule has 2 heteroatoms. The summed E-state index contributed by atoms with van der Waals surface area (Å²) < 4.78 is 5.21. The average Bonchev–Trinajstić information content (AvgIpc) is 2.18. The van der Waals surface area contributed by atoms with Crippen LogP contribution in [0.1, 0.15) is 25.7 Å². The molecule has 0 amide bonds. The zero-order valence-electron chi connectivity index (χ0n) is 7.88. The minimum absolute atomic E-state index is 0.100. The zero-order chi connectivity index (χ0) is 9.26. The van der Waals surface area contributed by atoms with Crippen molar-refractivity contribution >= 4 is 5.78 Å². The van der Waals surface area contributed by atoms with Crippen LogP contribution in [0.25, 0.3) is 0 Å². The summed E-state index contributed by atoms with van der Waals surface area (Å²) in [5.41, 5.74) is 2.55. The van der Waals surface area contributed by atoms with Crippen LogP contribution < -0.4 is 0 Å². The number of carbonyl (C=O) groups excluding carboxylic acids is 1. The van der Waals surface area contributed by atoms with Gasteiger partial charge in [-0.05, 0) is 42.9 Å². The summed E-state index contributed by atoms with van der Waals surface area (Å²) in [6.07, 6.45) is 7.92. The van der Waals surface area contributed by atoms with Crippen LogP contribution in [0.3, 0.4) is 0 Å². The lowest BCUT2D eigenvalue weighted by molar-refractivity contribution is -0.122. The maximum absolute atomic E-state index is 11.4. The average molecular weight is 178 g/mol. The summed E-state index contributed by atoms with van der Waals surface area (Å²) in [5.74, 6) is 0.100. The predicted octanol–water partition coefficient (Wildman–Crippen LogP) is 2.01. The minimum Gasteiger partial charge on any atom is -0.369 e. The Morgan fingerprint density at radius 1 is 1.31 bits per heavy atom. The standard InChI is InChI=1S/C11H14O2/c1-13-11-9-5-3-2-4-8(9)6-7-10(11)12/h6-7,11H,2-5H2,1H3. The van der Waals surface area contributed by atoms with Gasteiger partial charge in [-0.3, -0.25) is 4.79 Å². The van der Waals surface area contributed by atoms with Crippen molar-refractivity contribution in [1.82, 2.24) is 0 Å². The second-order valence-electron chi connectivity index (χ2n) is 3.61. The molecule has 0 N–H and O–H groups in total. The van der Waals surface area contributed by atoms with E-state index >= 15 is 0 Å². The molecule has 2 aliphatic rings. The quantitative estimate of drug-likeness (QED) is 0.614. The number of methoxy groups -OCH3 is 1. The monoisotopic (exact) mass is 178 g/mol. The summed E-state index contributed by atoms with van der Waals surface area (Å²) >= 11 is 0. The van der Waals surface area contributed by atoms with Crippen LogP contribution in [0.15, 0.2) is 23.3 Å².